The van der Waals surface area contributed by atoms with Crippen LogP contribution in [-0.2, 0) is 5.41 Å². The number of para-hydroxylation sites is 2. The molecule has 4 heteroatoms. The van der Waals surface area contributed by atoms with Crippen LogP contribution in [0.3, 0.4) is 0 Å². The zero-order valence-electron chi connectivity index (χ0n) is 15.0. The molecule has 0 aliphatic carbocycles. The fourth-order valence-corrected chi connectivity index (χ4v) is 2.98. The summed E-state index contributed by atoms with van der Waals surface area (Å²) >= 11 is 0. The summed E-state index contributed by atoms with van der Waals surface area (Å²) in [6, 6.07) is 14.4. The predicted molar refractivity (Wildman–Crippen MR) is 100 cm³/mol. The van der Waals surface area contributed by atoms with Gasteiger partial charge in [0, 0.05) is 5.56 Å². The van der Waals surface area contributed by atoms with Gasteiger partial charge in [-0.3, -0.25) is 14.2 Å². The molecule has 1 atom stereocenters. The Kier molecular flexibility index (Phi) is 4.29. The molecule has 0 spiro atoms. The lowest BCUT2D eigenvalue weighted by Crippen LogP contribution is -2.28. The Labute approximate surface area is 147 Å². The van der Waals surface area contributed by atoms with Crippen molar-refractivity contribution in [3.05, 3.63) is 76.2 Å². The van der Waals surface area contributed by atoms with Crippen molar-refractivity contribution in [2.75, 3.05) is 0 Å². The molecule has 0 fully saturated rings. The van der Waals surface area contributed by atoms with E-state index >= 15 is 0 Å². The summed E-state index contributed by atoms with van der Waals surface area (Å²) in [5, 5.41) is 0. The van der Waals surface area contributed by atoms with Crippen LogP contribution in [0, 0.1) is 0 Å². The Hall–Kier alpha value is -2.75. The van der Waals surface area contributed by atoms with E-state index in [0.717, 1.165) is 0 Å². The van der Waals surface area contributed by atoms with Gasteiger partial charge in [-0.2, -0.15) is 0 Å². The van der Waals surface area contributed by atoms with E-state index in [-0.39, 0.29) is 16.8 Å². The molecular weight excluding hydrogens is 312 g/mol. The number of carbonyl (C=O) groups excluding carboxylic acids is 1. The SMILES string of the molecule is C[C@@H](C(=O)c1ccc(C(C)(C)C)cc1)n1c(=O)cnc2ccccc21. The summed E-state index contributed by atoms with van der Waals surface area (Å²) in [5.74, 6) is -0.0843. The van der Waals surface area contributed by atoms with Crippen LogP contribution in [0.1, 0.15) is 49.7 Å². The molecule has 1 heterocycles. The molecule has 4 nitrogen and oxygen atoms in total. The third-order valence-corrected chi connectivity index (χ3v) is 4.49. The maximum absolute atomic E-state index is 12.9. The van der Waals surface area contributed by atoms with E-state index in [2.05, 4.69) is 25.8 Å². The summed E-state index contributed by atoms with van der Waals surface area (Å²) in [6.45, 7) is 8.16. The monoisotopic (exact) mass is 334 g/mol. The van der Waals surface area contributed by atoms with Crippen LogP contribution in [0.25, 0.3) is 11.0 Å². The third kappa shape index (κ3) is 3.25. The van der Waals surface area contributed by atoms with Crippen molar-refractivity contribution in [2.24, 2.45) is 0 Å². The molecule has 0 aliphatic rings. The molecule has 2 aromatic carbocycles. The van der Waals surface area contributed by atoms with Gasteiger partial charge in [-0.15, -0.1) is 0 Å². The van der Waals surface area contributed by atoms with Crippen molar-refractivity contribution in [3.63, 3.8) is 0 Å². The maximum atomic E-state index is 12.9. The number of rotatable bonds is 3. The first-order valence-electron chi connectivity index (χ1n) is 8.40. The van der Waals surface area contributed by atoms with E-state index < -0.39 is 6.04 Å². The van der Waals surface area contributed by atoms with Gasteiger partial charge in [0.2, 0.25) is 0 Å². The summed E-state index contributed by atoms with van der Waals surface area (Å²) in [4.78, 5) is 29.4. The number of Topliss-reactive ketones (excluding diaryl/α,β-unsaturated/α-hetero) is 1. The first-order chi connectivity index (χ1) is 11.8. The van der Waals surface area contributed by atoms with Crippen molar-refractivity contribution < 1.29 is 4.79 Å². The van der Waals surface area contributed by atoms with Gasteiger partial charge in [0.25, 0.3) is 5.56 Å². The second-order valence-electron chi connectivity index (χ2n) is 7.32. The first-order valence-corrected chi connectivity index (χ1v) is 8.40. The standard InChI is InChI=1S/C21H22N2O2/c1-14(20(25)15-9-11-16(12-10-15)21(2,3)4)23-18-8-6-5-7-17(18)22-13-19(23)24/h5-14H,1-4H3/t14-/m0/s1. The molecule has 0 saturated heterocycles. The quantitative estimate of drug-likeness (QED) is 0.677. The minimum absolute atomic E-state index is 0.0332. The van der Waals surface area contributed by atoms with Gasteiger partial charge in [0.15, 0.2) is 5.78 Å². The molecule has 3 rings (SSSR count). The minimum Gasteiger partial charge on any atom is -0.295 e. The van der Waals surface area contributed by atoms with Gasteiger partial charge in [0.1, 0.15) is 0 Å². The zero-order chi connectivity index (χ0) is 18.2. The summed E-state index contributed by atoms with van der Waals surface area (Å²) in [6.07, 6.45) is 1.27. The number of nitrogens with zero attached hydrogens (tertiary/aromatic N) is 2. The Morgan fingerprint density at radius 3 is 2.32 bits per heavy atom. The van der Waals surface area contributed by atoms with Crippen LogP contribution in [0.4, 0.5) is 0 Å². The topological polar surface area (TPSA) is 52.0 Å². The van der Waals surface area contributed by atoms with Gasteiger partial charge in [0.05, 0.1) is 23.3 Å². The fraction of sp³-hybridized carbons (Fsp3) is 0.286. The van der Waals surface area contributed by atoms with Gasteiger partial charge in [-0.05, 0) is 30.0 Å². The van der Waals surface area contributed by atoms with Crippen LogP contribution in [-0.4, -0.2) is 15.3 Å². The number of carbonyl (C=O) groups is 1. The normalized spacial score (nSPS) is 13.0. The number of hydrogen-bond acceptors (Lipinski definition) is 3. The highest BCUT2D eigenvalue weighted by Gasteiger charge is 2.21. The van der Waals surface area contributed by atoms with Gasteiger partial charge >= 0.3 is 0 Å². The Balaban J connectivity index is 2.01. The molecule has 3 aromatic rings. The Morgan fingerprint density at radius 1 is 1.04 bits per heavy atom. The molecule has 0 unspecified atom stereocenters. The van der Waals surface area contributed by atoms with Crippen LogP contribution in [0.5, 0.6) is 0 Å². The molecule has 0 radical (unpaired) electrons. The van der Waals surface area contributed by atoms with E-state index in [1.165, 1.54) is 16.3 Å². The third-order valence-electron chi connectivity index (χ3n) is 4.49. The van der Waals surface area contributed by atoms with Crippen molar-refractivity contribution in [1.82, 2.24) is 9.55 Å². The highest BCUT2D eigenvalue weighted by molar-refractivity contribution is 5.99. The van der Waals surface area contributed by atoms with E-state index in [1.807, 2.05) is 48.5 Å². The second-order valence-corrected chi connectivity index (χ2v) is 7.32. The van der Waals surface area contributed by atoms with Gasteiger partial charge in [-0.25, -0.2) is 4.98 Å². The number of benzene rings is 2. The van der Waals surface area contributed by atoms with Crippen LogP contribution >= 0.6 is 0 Å². The largest absolute Gasteiger partial charge is 0.295 e. The summed E-state index contributed by atoms with van der Waals surface area (Å²) in [7, 11) is 0. The van der Waals surface area contributed by atoms with E-state index in [1.54, 1.807) is 6.92 Å². The summed E-state index contributed by atoms with van der Waals surface area (Å²) < 4.78 is 1.52. The van der Waals surface area contributed by atoms with Crippen molar-refractivity contribution in [2.45, 2.75) is 39.2 Å². The van der Waals surface area contributed by atoms with E-state index in [9.17, 15) is 9.59 Å². The van der Waals surface area contributed by atoms with E-state index in [4.69, 9.17) is 0 Å². The lowest BCUT2D eigenvalue weighted by atomic mass is 9.86. The summed E-state index contributed by atoms with van der Waals surface area (Å²) in [5.41, 5.74) is 2.90. The lowest BCUT2D eigenvalue weighted by Gasteiger charge is -2.20. The lowest BCUT2D eigenvalue weighted by molar-refractivity contribution is 0.0935. The molecule has 128 valence electrons. The minimum atomic E-state index is -0.596. The first kappa shape index (κ1) is 17.1. The molecule has 1 aromatic heterocycles. The molecule has 0 aliphatic heterocycles. The number of fused-ring (bicyclic) bond motifs is 1. The Bertz CT molecular complexity index is 979. The van der Waals surface area contributed by atoms with Crippen molar-refractivity contribution in [1.29, 1.82) is 0 Å². The van der Waals surface area contributed by atoms with Gasteiger partial charge < -0.3 is 0 Å². The van der Waals surface area contributed by atoms with Crippen molar-refractivity contribution in [3.8, 4) is 0 Å². The molecule has 0 saturated carbocycles. The predicted octanol–water partition coefficient (Wildman–Crippen LogP) is 4.14. The molecule has 25 heavy (non-hydrogen) atoms. The zero-order valence-corrected chi connectivity index (χ0v) is 15.0. The highest BCUT2D eigenvalue weighted by atomic mass is 16.1. The molecule has 0 N–H and O–H groups in total. The van der Waals surface area contributed by atoms with Gasteiger partial charge in [-0.1, -0.05) is 57.2 Å². The van der Waals surface area contributed by atoms with Crippen LogP contribution < -0.4 is 5.56 Å². The average molecular weight is 334 g/mol. The second kappa shape index (κ2) is 6.28. The maximum Gasteiger partial charge on any atom is 0.270 e. The Morgan fingerprint density at radius 2 is 1.68 bits per heavy atom. The smallest absolute Gasteiger partial charge is 0.270 e. The number of aromatic nitrogens is 2. The molecule has 0 amide bonds. The number of ketones is 1. The highest BCUT2D eigenvalue weighted by Crippen LogP contribution is 2.24. The fourth-order valence-electron chi connectivity index (χ4n) is 2.98. The van der Waals surface area contributed by atoms with Crippen molar-refractivity contribution >= 4 is 16.8 Å². The molecular formula is C21H22N2O2. The van der Waals surface area contributed by atoms with E-state index in [0.29, 0.717) is 16.6 Å². The van der Waals surface area contributed by atoms with Crippen LogP contribution in [0.15, 0.2) is 59.5 Å². The average Bonchev–Trinajstić information content (AvgIpc) is 2.60. The number of hydrogen-bond donors (Lipinski definition) is 0. The van der Waals surface area contributed by atoms with Crippen LogP contribution in [0.2, 0.25) is 0 Å². The molecule has 0 bridgehead atoms.